The molecule has 0 aromatic carbocycles. The molecule has 0 spiro atoms. The van der Waals surface area contributed by atoms with Crippen molar-refractivity contribution >= 4 is 29.1 Å². The van der Waals surface area contributed by atoms with Crippen molar-refractivity contribution in [3.8, 4) is 0 Å². The topological polar surface area (TPSA) is 27.6 Å². The van der Waals surface area contributed by atoms with Gasteiger partial charge in [-0.3, -0.25) is 4.99 Å². The van der Waals surface area contributed by atoms with Crippen LogP contribution in [0.15, 0.2) is 35.2 Å². The van der Waals surface area contributed by atoms with Crippen LogP contribution < -0.4 is 5.32 Å². The normalized spacial score (nSPS) is 11.4. The average molecular weight is 312 g/mol. The minimum Gasteiger partial charge on any atom is -0.357 e. The van der Waals surface area contributed by atoms with E-state index in [2.05, 4.69) is 53.3 Å². The third-order valence-corrected chi connectivity index (χ3v) is 4.58. The van der Waals surface area contributed by atoms with Crippen molar-refractivity contribution < 1.29 is 0 Å². The number of likely N-dealkylation sites (N-methyl/N-ethyl adjacent to an activating group) is 1. The summed E-state index contributed by atoms with van der Waals surface area (Å²) in [5.41, 5.74) is 0. The first-order valence-electron chi connectivity index (χ1n) is 6.98. The Balaban J connectivity index is 2.37. The molecule has 0 saturated carbocycles. The van der Waals surface area contributed by atoms with Crippen LogP contribution in [0.5, 0.6) is 0 Å². The van der Waals surface area contributed by atoms with Gasteiger partial charge in [-0.2, -0.15) is 11.8 Å². The SMILES string of the molecule is C=CCSCCN=C(NCC)N(C)CCc1cccs1. The highest BCUT2D eigenvalue weighted by Crippen LogP contribution is 2.09. The maximum Gasteiger partial charge on any atom is 0.193 e. The summed E-state index contributed by atoms with van der Waals surface area (Å²) >= 11 is 3.68. The molecule has 0 aliphatic heterocycles. The fraction of sp³-hybridized carbons (Fsp3) is 0.533. The van der Waals surface area contributed by atoms with Crippen LogP contribution in [0.25, 0.3) is 0 Å². The van der Waals surface area contributed by atoms with Crippen molar-refractivity contribution in [2.75, 3.05) is 38.2 Å². The third-order valence-electron chi connectivity index (χ3n) is 2.70. The summed E-state index contributed by atoms with van der Waals surface area (Å²) in [6.45, 7) is 8.58. The van der Waals surface area contributed by atoms with Crippen molar-refractivity contribution in [3.63, 3.8) is 0 Å². The van der Waals surface area contributed by atoms with Gasteiger partial charge < -0.3 is 10.2 Å². The highest BCUT2D eigenvalue weighted by atomic mass is 32.2. The maximum atomic E-state index is 4.66. The van der Waals surface area contributed by atoms with E-state index in [0.29, 0.717) is 0 Å². The predicted molar refractivity (Wildman–Crippen MR) is 94.2 cm³/mol. The van der Waals surface area contributed by atoms with E-state index < -0.39 is 0 Å². The molecular formula is C15H25N3S2. The highest BCUT2D eigenvalue weighted by molar-refractivity contribution is 7.99. The van der Waals surface area contributed by atoms with Crippen LogP contribution in [0.2, 0.25) is 0 Å². The molecule has 0 atom stereocenters. The summed E-state index contributed by atoms with van der Waals surface area (Å²) in [5, 5.41) is 5.48. The summed E-state index contributed by atoms with van der Waals surface area (Å²) in [6, 6.07) is 4.30. The van der Waals surface area contributed by atoms with E-state index >= 15 is 0 Å². The second-order valence-electron chi connectivity index (χ2n) is 4.35. The van der Waals surface area contributed by atoms with Crippen molar-refractivity contribution in [3.05, 3.63) is 35.0 Å². The van der Waals surface area contributed by atoms with E-state index in [1.54, 1.807) is 0 Å². The Morgan fingerprint density at radius 1 is 1.60 bits per heavy atom. The number of aliphatic imine (C=N–C) groups is 1. The molecule has 0 unspecified atom stereocenters. The zero-order valence-electron chi connectivity index (χ0n) is 12.5. The number of guanidine groups is 1. The Bertz CT molecular complexity index is 388. The first-order valence-corrected chi connectivity index (χ1v) is 9.01. The molecule has 0 bridgehead atoms. The van der Waals surface area contributed by atoms with Crippen molar-refractivity contribution in [1.29, 1.82) is 0 Å². The standard InChI is InChI=1S/C15H25N3S2/c1-4-11-19-13-9-17-15(16-5-2)18(3)10-8-14-7-6-12-20-14/h4,6-7,12H,1,5,8-11,13H2,2-3H3,(H,16,17). The van der Waals surface area contributed by atoms with Crippen LogP contribution in [-0.4, -0.2) is 49.0 Å². The fourth-order valence-electron chi connectivity index (χ4n) is 1.69. The molecule has 0 aliphatic rings. The smallest absolute Gasteiger partial charge is 0.193 e. The lowest BCUT2D eigenvalue weighted by Gasteiger charge is -2.21. The summed E-state index contributed by atoms with van der Waals surface area (Å²) in [4.78, 5) is 8.30. The van der Waals surface area contributed by atoms with Gasteiger partial charge >= 0.3 is 0 Å². The Kier molecular flexibility index (Phi) is 9.24. The molecule has 0 aliphatic carbocycles. The minimum atomic E-state index is 0.851. The number of nitrogens with zero attached hydrogens (tertiary/aromatic N) is 2. The molecule has 0 amide bonds. The molecule has 0 fully saturated rings. The van der Waals surface area contributed by atoms with E-state index in [9.17, 15) is 0 Å². The second-order valence-corrected chi connectivity index (χ2v) is 6.53. The molecule has 1 aromatic heterocycles. The number of thiophene rings is 1. The van der Waals surface area contributed by atoms with E-state index in [1.807, 2.05) is 29.2 Å². The summed E-state index contributed by atoms with van der Waals surface area (Å²) in [7, 11) is 2.10. The van der Waals surface area contributed by atoms with E-state index in [0.717, 1.165) is 43.5 Å². The lowest BCUT2D eigenvalue weighted by Crippen LogP contribution is -2.40. The van der Waals surface area contributed by atoms with Gasteiger partial charge in [-0.15, -0.1) is 17.9 Å². The lowest BCUT2D eigenvalue weighted by molar-refractivity contribution is 0.487. The van der Waals surface area contributed by atoms with Gasteiger partial charge in [-0.25, -0.2) is 0 Å². The fourth-order valence-corrected chi connectivity index (χ4v) is 2.94. The van der Waals surface area contributed by atoms with Crippen LogP contribution in [0.1, 0.15) is 11.8 Å². The number of thioether (sulfide) groups is 1. The van der Waals surface area contributed by atoms with E-state index in [-0.39, 0.29) is 0 Å². The molecule has 5 heteroatoms. The highest BCUT2D eigenvalue weighted by Gasteiger charge is 2.05. The van der Waals surface area contributed by atoms with Gasteiger partial charge in [0.2, 0.25) is 0 Å². The van der Waals surface area contributed by atoms with Crippen molar-refractivity contribution in [2.24, 2.45) is 4.99 Å². The molecule has 0 radical (unpaired) electrons. The van der Waals surface area contributed by atoms with Gasteiger partial charge in [0.25, 0.3) is 0 Å². The van der Waals surface area contributed by atoms with Crippen molar-refractivity contribution in [2.45, 2.75) is 13.3 Å². The lowest BCUT2D eigenvalue weighted by atomic mass is 10.3. The van der Waals surface area contributed by atoms with Crippen LogP contribution in [-0.2, 0) is 6.42 Å². The zero-order chi connectivity index (χ0) is 14.6. The van der Waals surface area contributed by atoms with Gasteiger partial charge in [0.15, 0.2) is 5.96 Å². The van der Waals surface area contributed by atoms with Gasteiger partial charge in [0, 0.05) is 36.5 Å². The monoisotopic (exact) mass is 311 g/mol. The van der Waals surface area contributed by atoms with Crippen LogP contribution in [0.4, 0.5) is 0 Å². The Morgan fingerprint density at radius 2 is 2.45 bits per heavy atom. The Hall–Kier alpha value is -0.940. The molecule has 112 valence electrons. The third kappa shape index (κ3) is 7.01. The van der Waals surface area contributed by atoms with Gasteiger partial charge in [-0.05, 0) is 24.8 Å². The van der Waals surface area contributed by atoms with Crippen molar-refractivity contribution in [1.82, 2.24) is 10.2 Å². The minimum absolute atomic E-state index is 0.851. The number of rotatable bonds is 9. The van der Waals surface area contributed by atoms with E-state index in [4.69, 9.17) is 0 Å². The van der Waals surface area contributed by atoms with Crippen LogP contribution in [0.3, 0.4) is 0 Å². The molecule has 1 heterocycles. The second kappa shape index (κ2) is 10.8. The predicted octanol–water partition coefficient (Wildman–Crippen LogP) is 3.11. The molecule has 1 aromatic rings. The first kappa shape index (κ1) is 17.1. The largest absolute Gasteiger partial charge is 0.357 e. The van der Waals surface area contributed by atoms with Crippen LogP contribution >= 0.6 is 23.1 Å². The molecule has 20 heavy (non-hydrogen) atoms. The first-order chi connectivity index (χ1) is 9.77. The van der Waals surface area contributed by atoms with Gasteiger partial charge in [0.05, 0.1) is 6.54 Å². The molecule has 3 nitrogen and oxygen atoms in total. The Labute approximate surface area is 131 Å². The summed E-state index contributed by atoms with van der Waals surface area (Å²) in [6.07, 6.45) is 3.01. The van der Waals surface area contributed by atoms with Gasteiger partial charge in [-0.1, -0.05) is 12.1 Å². The molecular weight excluding hydrogens is 286 g/mol. The summed E-state index contributed by atoms with van der Waals surface area (Å²) in [5.74, 6) is 3.04. The van der Waals surface area contributed by atoms with Gasteiger partial charge in [0.1, 0.15) is 0 Å². The quantitative estimate of drug-likeness (QED) is 0.329. The zero-order valence-corrected chi connectivity index (χ0v) is 14.1. The number of nitrogens with one attached hydrogen (secondary N) is 1. The molecule has 1 rings (SSSR count). The molecule has 0 saturated heterocycles. The maximum absolute atomic E-state index is 4.66. The molecule has 1 N–H and O–H groups in total. The number of hydrogen-bond donors (Lipinski definition) is 1. The number of hydrogen-bond acceptors (Lipinski definition) is 3. The average Bonchev–Trinajstić information content (AvgIpc) is 2.96. The summed E-state index contributed by atoms with van der Waals surface area (Å²) < 4.78 is 0. The van der Waals surface area contributed by atoms with E-state index in [1.165, 1.54) is 4.88 Å². The Morgan fingerprint density at radius 3 is 3.10 bits per heavy atom. The van der Waals surface area contributed by atoms with Crippen LogP contribution in [0, 0.1) is 0 Å².